The molecule has 5 nitrogen and oxygen atoms in total. The third-order valence-corrected chi connectivity index (χ3v) is 3.55. The Bertz CT molecular complexity index is 632. The molecule has 2 N–H and O–H groups in total. The van der Waals surface area contributed by atoms with Crippen molar-refractivity contribution in [2.24, 2.45) is 0 Å². The first-order valence-electron chi connectivity index (χ1n) is 6.70. The van der Waals surface area contributed by atoms with E-state index in [9.17, 15) is 4.79 Å². The average Bonchev–Trinajstić information content (AvgIpc) is 2.85. The van der Waals surface area contributed by atoms with E-state index in [1.807, 2.05) is 0 Å². The van der Waals surface area contributed by atoms with Gasteiger partial charge in [0.1, 0.15) is 5.82 Å². The second kappa shape index (κ2) is 5.09. The molecule has 0 spiro atoms. The lowest BCUT2D eigenvalue weighted by Gasteiger charge is -2.23. The predicted octanol–water partition coefficient (Wildman–Crippen LogP) is 1.95. The molecule has 104 valence electrons. The molecule has 0 saturated heterocycles. The number of aromatic amines is 1. The normalized spacial score (nSPS) is 17.9. The lowest BCUT2D eigenvalue weighted by molar-refractivity contribution is -0.116. The number of nitrogens with one attached hydrogen (secondary N) is 2. The van der Waals surface area contributed by atoms with Gasteiger partial charge in [0.05, 0.1) is 6.20 Å². The van der Waals surface area contributed by atoms with E-state index in [4.69, 9.17) is 0 Å². The minimum Gasteiger partial charge on any atom is -0.311 e. The van der Waals surface area contributed by atoms with E-state index in [1.54, 1.807) is 6.20 Å². The Hall–Kier alpha value is -2.14. The molecule has 2 aromatic rings. The van der Waals surface area contributed by atoms with Gasteiger partial charge in [0.15, 0.2) is 0 Å². The monoisotopic (exact) mass is 270 g/mol. The van der Waals surface area contributed by atoms with E-state index >= 15 is 0 Å². The maximum Gasteiger partial charge on any atom is 0.226 e. The Balaban J connectivity index is 1.95. The minimum absolute atomic E-state index is 0.0322. The maximum atomic E-state index is 11.8. The number of anilines is 1. The van der Waals surface area contributed by atoms with Crippen LogP contribution in [0.25, 0.3) is 0 Å². The van der Waals surface area contributed by atoms with Crippen LogP contribution in [0.5, 0.6) is 0 Å². The molecule has 0 bridgehead atoms. The molecule has 20 heavy (non-hydrogen) atoms. The number of nitrogens with zero attached hydrogens (tertiary/aromatic N) is 2. The molecule has 2 heterocycles. The highest BCUT2D eigenvalue weighted by molar-refractivity contribution is 5.94. The van der Waals surface area contributed by atoms with Crippen molar-refractivity contribution in [3.63, 3.8) is 0 Å². The Morgan fingerprint density at radius 2 is 2.25 bits per heavy atom. The van der Waals surface area contributed by atoms with Crippen LogP contribution in [0.4, 0.5) is 5.82 Å². The average molecular weight is 270 g/mol. The first-order valence-corrected chi connectivity index (χ1v) is 6.70. The SMILES string of the molecule is CN(C)Cc1cccc(C2CC(=O)Nc3[nH]ncc32)c1. The summed E-state index contributed by atoms with van der Waals surface area (Å²) in [5, 5.41) is 9.70. The zero-order chi connectivity index (χ0) is 14.1. The number of aromatic nitrogens is 2. The van der Waals surface area contributed by atoms with E-state index in [-0.39, 0.29) is 11.8 Å². The number of hydrogen-bond acceptors (Lipinski definition) is 3. The second-order valence-corrected chi connectivity index (χ2v) is 5.49. The van der Waals surface area contributed by atoms with E-state index in [1.165, 1.54) is 11.1 Å². The number of hydrogen-bond donors (Lipinski definition) is 2. The fourth-order valence-corrected chi connectivity index (χ4v) is 2.72. The molecular formula is C15H18N4O. The van der Waals surface area contributed by atoms with E-state index in [0.29, 0.717) is 6.42 Å². The lowest BCUT2D eigenvalue weighted by atomic mass is 9.87. The molecule has 1 amide bonds. The van der Waals surface area contributed by atoms with Crippen LogP contribution < -0.4 is 5.32 Å². The Labute approximate surface area is 118 Å². The van der Waals surface area contributed by atoms with Gasteiger partial charge in [0.2, 0.25) is 5.91 Å². The van der Waals surface area contributed by atoms with Crippen molar-refractivity contribution in [2.75, 3.05) is 19.4 Å². The van der Waals surface area contributed by atoms with Gasteiger partial charge >= 0.3 is 0 Å². The van der Waals surface area contributed by atoms with Gasteiger partial charge in [0.25, 0.3) is 0 Å². The third-order valence-electron chi connectivity index (χ3n) is 3.55. The zero-order valence-electron chi connectivity index (χ0n) is 11.7. The topological polar surface area (TPSA) is 61.0 Å². The molecule has 5 heteroatoms. The summed E-state index contributed by atoms with van der Waals surface area (Å²) in [7, 11) is 4.10. The molecule has 1 aromatic heterocycles. The quantitative estimate of drug-likeness (QED) is 0.896. The number of fused-ring (bicyclic) bond motifs is 1. The van der Waals surface area contributed by atoms with Crippen LogP contribution in [0.3, 0.4) is 0 Å². The van der Waals surface area contributed by atoms with Gasteiger partial charge < -0.3 is 10.2 Å². The lowest BCUT2D eigenvalue weighted by Crippen LogP contribution is -2.23. The molecule has 1 atom stereocenters. The van der Waals surface area contributed by atoms with Crippen molar-refractivity contribution in [3.05, 3.63) is 47.2 Å². The third kappa shape index (κ3) is 2.44. The fourth-order valence-electron chi connectivity index (χ4n) is 2.72. The van der Waals surface area contributed by atoms with Gasteiger partial charge in [-0.3, -0.25) is 9.89 Å². The molecule has 1 aliphatic heterocycles. The fraction of sp³-hybridized carbons (Fsp3) is 0.333. The van der Waals surface area contributed by atoms with Crippen LogP contribution in [0.1, 0.15) is 29.0 Å². The number of rotatable bonds is 3. The van der Waals surface area contributed by atoms with E-state index in [2.05, 4.69) is 58.8 Å². The summed E-state index contributed by atoms with van der Waals surface area (Å²) in [5.41, 5.74) is 3.48. The molecular weight excluding hydrogens is 252 g/mol. The van der Waals surface area contributed by atoms with Crippen LogP contribution in [-0.4, -0.2) is 35.1 Å². The van der Waals surface area contributed by atoms with Crippen molar-refractivity contribution < 1.29 is 4.79 Å². The molecule has 1 aliphatic rings. The van der Waals surface area contributed by atoms with Gasteiger partial charge in [-0.1, -0.05) is 24.3 Å². The van der Waals surface area contributed by atoms with Crippen LogP contribution >= 0.6 is 0 Å². The van der Waals surface area contributed by atoms with Crippen molar-refractivity contribution in [3.8, 4) is 0 Å². The van der Waals surface area contributed by atoms with E-state index in [0.717, 1.165) is 17.9 Å². The van der Waals surface area contributed by atoms with Gasteiger partial charge in [-0.05, 0) is 25.2 Å². The number of H-pyrrole nitrogens is 1. The Morgan fingerprint density at radius 1 is 1.40 bits per heavy atom. The van der Waals surface area contributed by atoms with Gasteiger partial charge in [-0.15, -0.1) is 0 Å². The van der Waals surface area contributed by atoms with Gasteiger partial charge in [-0.25, -0.2) is 0 Å². The van der Waals surface area contributed by atoms with Crippen LogP contribution in [-0.2, 0) is 11.3 Å². The molecule has 1 unspecified atom stereocenters. The minimum atomic E-state index is 0.0322. The summed E-state index contributed by atoms with van der Waals surface area (Å²) in [6, 6.07) is 8.43. The Kier molecular flexibility index (Phi) is 3.28. The highest BCUT2D eigenvalue weighted by Crippen LogP contribution is 2.35. The number of amides is 1. The summed E-state index contributed by atoms with van der Waals surface area (Å²) < 4.78 is 0. The summed E-state index contributed by atoms with van der Waals surface area (Å²) in [6.45, 7) is 0.894. The molecule has 0 fully saturated rings. The van der Waals surface area contributed by atoms with Crippen LogP contribution in [0.15, 0.2) is 30.5 Å². The van der Waals surface area contributed by atoms with Crippen molar-refractivity contribution in [1.82, 2.24) is 15.1 Å². The Morgan fingerprint density at radius 3 is 3.05 bits per heavy atom. The van der Waals surface area contributed by atoms with E-state index < -0.39 is 0 Å². The highest BCUT2D eigenvalue weighted by atomic mass is 16.1. The molecule has 0 saturated carbocycles. The maximum absolute atomic E-state index is 11.8. The van der Waals surface area contributed by atoms with Crippen molar-refractivity contribution in [2.45, 2.75) is 18.9 Å². The summed E-state index contributed by atoms with van der Waals surface area (Å²) in [4.78, 5) is 13.9. The summed E-state index contributed by atoms with van der Waals surface area (Å²) in [5.74, 6) is 0.841. The smallest absolute Gasteiger partial charge is 0.226 e. The van der Waals surface area contributed by atoms with Crippen LogP contribution in [0.2, 0.25) is 0 Å². The van der Waals surface area contributed by atoms with Crippen LogP contribution in [0, 0.1) is 0 Å². The summed E-state index contributed by atoms with van der Waals surface area (Å²) in [6.07, 6.45) is 2.27. The summed E-state index contributed by atoms with van der Waals surface area (Å²) >= 11 is 0. The van der Waals surface area contributed by atoms with Crippen molar-refractivity contribution in [1.29, 1.82) is 0 Å². The first-order chi connectivity index (χ1) is 9.63. The second-order valence-electron chi connectivity index (χ2n) is 5.49. The number of benzene rings is 1. The number of carbonyl (C=O) groups excluding carboxylic acids is 1. The molecule has 3 rings (SSSR count). The van der Waals surface area contributed by atoms with Gasteiger partial charge in [-0.2, -0.15) is 5.10 Å². The first kappa shape index (κ1) is 12.9. The zero-order valence-corrected chi connectivity index (χ0v) is 11.7. The highest BCUT2D eigenvalue weighted by Gasteiger charge is 2.28. The molecule has 0 aliphatic carbocycles. The predicted molar refractivity (Wildman–Crippen MR) is 77.5 cm³/mol. The van der Waals surface area contributed by atoms with Gasteiger partial charge in [0, 0.05) is 24.4 Å². The van der Waals surface area contributed by atoms with Crippen molar-refractivity contribution >= 4 is 11.7 Å². The number of carbonyl (C=O) groups is 1. The molecule has 1 aromatic carbocycles. The standard InChI is InChI=1S/C15H18N4O/c1-19(2)9-10-4-3-5-11(6-10)12-7-14(20)17-15-13(12)8-16-18-15/h3-6,8,12H,7,9H2,1-2H3,(H2,16,17,18,20). The largest absolute Gasteiger partial charge is 0.311 e. The molecule has 0 radical (unpaired) electrons.